The van der Waals surface area contributed by atoms with E-state index >= 15 is 0 Å². The molecule has 138 valence electrons. The molecule has 0 spiro atoms. The van der Waals surface area contributed by atoms with E-state index in [0.29, 0.717) is 24.3 Å². The quantitative estimate of drug-likeness (QED) is 0.485. The van der Waals surface area contributed by atoms with Crippen LogP contribution in [0.5, 0.6) is 23.0 Å². The number of methoxy groups -OCH3 is 2. The van der Waals surface area contributed by atoms with Gasteiger partial charge in [0.2, 0.25) is 0 Å². The van der Waals surface area contributed by atoms with Crippen molar-refractivity contribution in [3.8, 4) is 23.0 Å². The first-order valence-electron chi connectivity index (χ1n) is 8.16. The molecule has 0 saturated heterocycles. The fourth-order valence-corrected chi connectivity index (χ4v) is 3.45. The van der Waals surface area contributed by atoms with E-state index in [2.05, 4.69) is 5.32 Å². The maximum atomic E-state index is 12.8. The van der Waals surface area contributed by atoms with Gasteiger partial charge in [0.15, 0.2) is 23.0 Å². The topological polar surface area (TPSA) is 108 Å². The normalized spacial score (nSPS) is 18.8. The van der Waals surface area contributed by atoms with Crippen molar-refractivity contribution < 1.29 is 29.6 Å². The first-order valence-corrected chi connectivity index (χ1v) is 8.16. The summed E-state index contributed by atoms with van der Waals surface area (Å²) in [5, 5.41) is 32.8. The van der Waals surface area contributed by atoms with Crippen LogP contribution >= 0.6 is 0 Å². The number of phenolic OH excluding ortho intramolecular Hbond substituents is 3. The number of ether oxygens (including phenoxy) is 2. The Kier molecular flexibility index (Phi) is 4.65. The van der Waals surface area contributed by atoms with Crippen LogP contribution in [0.1, 0.15) is 16.7 Å². The summed E-state index contributed by atoms with van der Waals surface area (Å²) in [7, 11) is 2.75. The Bertz CT molecular complexity index is 850. The number of carbonyl (C=O) groups is 1. The monoisotopic (exact) mass is 359 g/mol. The molecule has 4 N–H and O–H groups in total. The van der Waals surface area contributed by atoms with Gasteiger partial charge in [0.05, 0.1) is 14.2 Å². The maximum Gasteiger partial charge on any atom is 0.331 e. The molecule has 2 aromatic rings. The predicted octanol–water partition coefficient (Wildman–Crippen LogP) is 1.57. The van der Waals surface area contributed by atoms with Gasteiger partial charge in [-0.3, -0.25) is 5.32 Å². The number of rotatable bonds is 4. The maximum absolute atomic E-state index is 12.8. The largest absolute Gasteiger partial charge is 0.504 e. The van der Waals surface area contributed by atoms with Gasteiger partial charge in [0.1, 0.15) is 5.54 Å². The van der Waals surface area contributed by atoms with Crippen LogP contribution in [0, 0.1) is 0 Å². The number of carbonyl (C=O) groups excluding carboxylic acids is 1. The summed E-state index contributed by atoms with van der Waals surface area (Å²) < 4.78 is 10.2. The average molecular weight is 359 g/mol. The molecule has 0 amide bonds. The van der Waals surface area contributed by atoms with Gasteiger partial charge in [0.25, 0.3) is 0 Å². The number of benzene rings is 2. The standard InChI is InChI=1S/C19H21NO6/c1-25-17-7-11(3-4-14(17)21)10-19(18(24)26-2)13-9-16(23)15(22)8-12(13)5-6-20-19/h3-4,7-9,20-23H,5-6,10H2,1-2H3. The molecule has 7 heteroatoms. The SMILES string of the molecule is COC(=O)C1(Cc2ccc(O)c(OC)c2)NCCc2cc(O)c(O)cc21. The summed E-state index contributed by atoms with van der Waals surface area (Å²) in [5.74, 6) is -0.731. The first-order chi connectivity index (χ1) is 12.4. The van der Waals surface area contributed by atoms with Gasteiger partial charge in [-0.2, -0.15) is 0 Å². The summed E-state index contributed by atoms with van der Waals surface area (Å²) in [4.78, 5) is 12.8. The summed E-state index contributed by atoms with van der Waals surface area (Å²) in [6, 6.07) is 7.71. The lowest BCUT2D eigenvalue weighted by atomic mass is 9.77. The van der Waals surface area contributed by atoms with Crippen molar-refractivity contribution in [2.24, 2.45) is 0 Å². The molecular weight excluding hydrogens is 338 g/mol. The van der Waals surface area contributed by atoms with Gasteiger partial charge < -0.3 is 24.8 Å². The molecule has 1 aliphatic rings. The van der Waals surface area contributed by atoms with Crippen molar-refractivity contribution in [1.29, 1.82) is 0 Å². The molecule has 26 heavy (non-hydrogen) atoms. The van der Waals surface area contributed by atoms with Gasteiger partial charge >= 0.3 is 5.97 Å². The Balaban J connectivity index is 2.13. The molecule has 0 saturated carbocycles. The molecule has 0 bridgehead atoms. The van der Waals surface area contributed by atoms with E-state index in [1.165, 1.54) is 32.4 Å². The van der Waals surface area contributed by atoms with Crippen molar-refractivity contribution in [1.82, 2.24) is 5.32 Å². The lowest BCUT2D eigenvalue weighted by Crippen LogP contribution is -2.55. The van der Waals surface area contributed by atoms with E-state index in [4.69, 9.17) is 9.47 Å². The van der Waals surface area contributed by atoms with Crippen LogP contribution in [0.25, 0.3) is 0 Å². The molecule has 1 heterocycles. The smallest absolute Gasteiger partial charge is 0.331 e. The number of nitrogens with one attached hydrogen (secondary N) is 1. The van der Waals surface area contributed by atoms with E-state index in [9.17, 15) is 20.1 Å². The second-order valence-electron chi connectivity index (χ2n) is 6.25. The summed E-state index contributed by atoms with van der Waals surface area (Å²) in [6.45, 7) is 0.502. The van der Waals surface area contributed by atoms with Crippen LogP contribution in [-0.4, -0.2) is 42.1 Å². The summed E-state index contributed by atoms with van der Waals surface area (Å²) >= 11 is 0. The number of phenols is 3. The molecular formula is C19H21NO6. The molecule has 0 aliphatic carbocycles. The van der Waals surface area contributed by atoms with Gasteiger partial charge in [-0.05, 0) is 47.4 Å². The second kappa shape index (κ2) is 6.76. The molecule has 1 atom stereocenters. The summed E-state index contributed by atoms with van der Waals surface area (Å²) in [5.41, 5.74) is 0.821. The number of hydrogen-bond donors (Lipinski definition) is 4. The molecule has 2 aromatic carbocycles. The summed E-state index contributed by atoms with van der Waals surface area (Å²) in [6.07, 6.45) is 0.814. The minimum Gasteiger partial charge on any atom is -0.504 e. The van der Waals surface area contributed by atoms with Crippen LogP contribution in [0.3, 0.4) is 0 Å². The number of hydrogen-bond acceptors (Lipinski definition) is 7. The third-order valence-corrected chi connectivity index (χ3v) is 4.73. The highest BCUT2D eigenvalue weighted by molar-refractivity contribution is 5.84. The van der Waals surface area contributed by atoms with Crippen molar-refractivity contribution in [3.05, 3.63) is 47.0 Å². The highest BCUT2D eigenvalue weighted by Crippen LogP contribution is 2.40. The molecule has 0 aromatic heterocycles. The van der Waals surface area contributed by atoms with E-state index in [-0.39, 0.29) is 23.7 Å². The van der Waals surface area contributed by atoms with E-state index in [1.54, 1.807) is 12.1 Å². The Morgan fingerprint density at radius 2 is 1.85 bits per heavy atom. The van der Waals surface area contributed by atoms with Crippen molar-refractivity contribution >= 4 is 5.97 Å². The molecule has 7 nitrogen and oxygen atoms in total. The zero-order valence-electron chi connectivity index (χ0n) is 14.6. The number of aromatic hydroxyl groups is 3. The lowest BCUT2D eigenvalue weighted by Gasteiger charge is -2.38. The van der Waals surface area contributed by atoms with Crippen LogP contribution < -0.4 is 10.1 Å². The zero-order chi connectivity index (χ0) is 18.9. The van der Waals surface area contributed by atoms with Crippen LogP contribution in [0.2, 0.25) is 0 Å². The van der Waals surface area contributed by atoms with Gasteiger partial charge in [-0.1, -0.05) is 6.07 Å². The van der Waals surface area contributed by atoms with Crippen LogP contribution in [0.15, 0.2) is 30.3 Å². The predicted molar refractivity (Wildman–Crippen MR) is 93.5 cm³/mol. The Labute approximate surface area is 150 Å². The average Bonchev–Trinajstić information content (AvgIpc) is 2.64. The highest BCUT2D eigenvalue weighted by Gasteiger charge is 2.45. The van der Waals surface area contributed by atoms with Gasteiger partial charge in [-0.15, -0.1) is 0 Å². The van der Waals surface area contributed by atoms with E-state index in [1.807, 2.05) is 0 Å². The number of fused-ring (bicyclic) bond motifs is 1. The zero-order valence-corrected chi connectivity index (χ0v) is 14.6. The minimum atomic E-state index is -1.23. The third-order valence-electron chi connectivity index (χ3n) is 4.73. The van der Waals surface area contributed by atoms with E-state index in [0.717, 1.165) is 11.1 Å². The van der Waals surface area contributed by atoms with Crippen LogP contribution in [-0.2, 0) is 27.9 Å². The third kappa shape index (κ3) is 2.90. The van der Waals surface area contributed by atoms with E-state index < -0.39 is 11.5 Å². The second-order valence-corrected chi connectivity index (χ2v) is 6.25. The lowest BCUT2D eigenvalue weighted by molar-refractivity contribution is -0.149. The van der Waals surface area contributed by atoms with Crippen molar-refractivity contribution in [2.45, 2.75) is 18.4 Å². The van der Waals surface area contributed by atoms with Gasteiger partial charge in [0, 0.05) is 13.0 Å². The van der Waals surface area contributed by atoms with Crippen molar-refractivity contribution in [3.63, 3.8) is 0 Å². The molecule has 1 unspecified atom stereocenters. The fraction of sp³-hybridized carbons (Fsp3) is 0.316. The molecule has 0 radical (unpaired) electrons. The Morgan fingerprint density at radius 1 is 1.12 bits per heavy atom. The van der Waals surface area contributed by atoms with Crippen LogP contribution in [0.4, 0.5) is 0 Å². The Hall–Kier alpha value is -2.93. The Morgan fingerprint density at radius 3 is 2.54 bits per heavy atom. The minimum absolute atomic E-state index is 0.00272. The molecule has 0 fully saturated rings. The first kappa shape index (κ1) is 17.9. The fourth-order valence-electron chi connectivity index (χ4n) is 3.45. The van der Waals surface area contributed by atoms with Crippen molar-refractivity contribution in [2.75, 3.05) is 20.8 Å². The molecule has 3 rings (SSSR count). The number of esters is 1. The highest BCUT2D eigenvalue weighted by atomic mass is 16.5. The molecule has 1 aliphatic heterocycles. The van der Waals surface area contributed by atoms with Gasteiger partial charge in [-0.25, -0.2) is 4.79 Å².